The van der Waals surface area contributed by atoms with Crippen molar-refractivity contribution in [1.82, 2.24) is 0 Å². The molecule has 0 aliphatic heterocycles. The summed E-state index contributed by atoms with van der Waals surface area (Å²) in [7, 11) is 0. The van der Waals surface area contributed by atoms with Gasteiger partial charge in [0, 0.05) is 11.9 Å². The summed E-state index contributed by atoms with van der Waals surface area (Å²) in [5.74, 6) is 0.757. The van der Waals surface area contributed by atoms with Crippen LogP contribution in [0.4, 0.5) is 0 Å². The molecule has 2 unspecified atom stereocenters. The van der Waals surface area contributed by atoms with E-state index in [2.05, 4.69) is 33.4 Å². The maximum atomic E-state index is 5.66. The van der Waals surface area contributed by atoms with Crippen molar-refractivity contribution >= 4 is 12.6 Å². The molecule has 0 heterocycles. The van der Waals surface area contributed by atoms with Gasteiger partial charge in [0.25, 0.3) is 0 Å². The van der Waals surface area contributed by atoms with E-state index < -0.39 is 0 Å². The molecule has 0 aliphatic rings. The van der Waals surface area contributed by atoms with Gasteiger partial charge in [0.2, 0.25) is 0 Å². The van der Waals surface area contributed by atoms with Gasteiger partial charge in [-0.3, -0.25) is 0 Å². The van der Waals surface area contributed by atoms with Crippen LogP contribution in [0.5, 0.6) is 0 Å². The highest BCUT2D eigenvalue weighted by Crippen LogP contribution is 2.13. The largest absolute Gasteiger partial charge is 0.380 e. The minimum Gasteiger partial charge on any atom is -0.380 e. The van der Waals surface area contributed by atoms with E-state index in [1.807, 2.05) is 0 Å². The van der Waals surface area contributed by atoms with Crippen molar-refractivity contribution in [1.29, 1.82) is 0 Å². The van der Waals surface area contributed by atoms with Gasteiger partial charge in [0.05, 0.1) is 6.61 Å². The lowest BCUT2D eigenvalue weighted by Gasteiger charge is -2.16. The predicted octanol–water partition coefficient (Wildman–Crippen LogP) is 3.93. The molecule has 0 amide bonds. The standard InChI is InChI=1S/C12H26OS/c1-4-7-8-11(5-2)9-13-10-12(14)6-3/h11-12,14H,4-10H2,1-3H3. The molecule has 0 bridgehead atoms. The summed E-state index contributed by atoms with van der Waals surface area (Å²) in [6.07, 6.45) is 6.27. The molecule has 0 radical (unpaired) electrons. The summed E-state index contributed by atoms with van der Waals surface area (Å²) >= 11 is 4.41. The third-order valence-corrected chi connectivity index (χ3v) is 3.19. The van der Waals surface area contributed by atoms with Crippen LogP contribution in [0.1, 0.15) is 52.9 Å². The van der Waals surface area contributed by atoms with Crippen LogP contribution in [0, 0.1) is 5.92 Å². The summed E-state index contributed by atoms with van der Waals surface area (Å²) in [6, 6.07) is 0. The number of hydrogen-bond donors (Lipinski definition) is 1. The first-order valence-corrected chi connectivity index (χ1v) is 6.51. The SMILES string of the molecule is CCCCC(CC)COCC(S)CC. The summed E-state index contributed by atoms with van der Waals surface area (Å²) in [5.41, 5.74) is 0. The molecule has 0 aromatic carbocycles. The molecule has 86 valence electrons. The molecular weight excluding hydrogens is 192 g/mol. The summed E-state index contributed by atoms with van der Waals surface area (Å²) < 4.78 is 5.66. The van der Waals surface area contributed by atoms with Gasteiger partial charge >= 0.3 is 0 Å². The average Bonchev–Trinajstić information content (AvgIpc) is 2.22. The molecule has 2 heteroatoms. The van der Waals surface area contributed by atoms with Gasteiger partial charge in [-0.2, -0.15) is 12.6 Å². The number of ether oxygens (including phenoxy) is 1. The highest BCUT2D eigenvalue weighted by molar-refractivity contribution is 7.81. The van der Waals surface area contributed by atoms with Gasteiger partial charge in [-0.05, 0) is 18.8 Å². The first-order chi connectivity index (χ1) is 6.74. The van der Waals surface area contributed by atoms with Crippen LogP contribution in [0.15, 0.2) is 0 Å². The van der Waals surface area contributed by atoms with E-state index in [9.17, 15) is 0 Å². The summed E-state index contributed by atoms with van der Waals surface area (Å²) in [5, 5.41) is 0.415. The summed E-state index contributed by atoms with van der Waals surface area (Å²) in [6.45, 7) is 8.38. The van der Waals surface area contributed by atoms with Gasteiger partial charge in [0.15, 0.2) is 0 Å². The van der Waals surface area contributed by atoms with E-state index in [1.54, 1.807) is 0 Å². The Bertz CT molecular complexity index is 117. The first-order valence-electron chi connectivity index (χ1n) is 6.00. The maximum Gasteiger partial charge on any atom is 0.0582 e. The van der Waals surface area contributed by atoms with Crippen molar-refractivity contribution in [2.75, 3.05) is 13.2 Å². The summed E-state index contributed by atoms with van der Waals surface area (Å²) in [4.78, 5) is 0. The number of rotatable bonds is 9. The Kier molecular flexibility index (Phi) is 10.1. The Morgan fingerprint density at radius 3 is 2.29 bits per heavy atom. The predicted molar refractivity (Wildman–Crippen MR) is 67.2 cm³/mol. The quantitative estimate of drug-likeness (QED) is 0.577. The van der Waals surface area contributed by atoms with Crippen LogP contribution in [-0.2, 0) is 4.74 Å². The van der Waals surface area contributed by atoms with Crippen molar-refractivity contribution in [3.05, 3.63) is 0 Å². The second-order valence-electron chi connectivity index (χ2n) is 4.02. The van der Waals surface area contributed by atoms with Crippen molar-refractivity contribution < 1.29 is 4.74 Å². The highest BCUT2D eigenvalue weighted by Gasteiger charge is 2.07. The fourth-order valence-electron chi connectivity index (χ4n) is 1.39. The lowest BCUT2D eigenvalue weighted by molar-refractivity contribution is 0.0947. The smallest absolute Gasteiger partial charge is 0.0582 e. The molecule has 2 atom stereocenters. The molecule has 1 nitrogen and oxygen atoms in total. The van der Waals surface area contributed by atoms with E-state index in [4.69, 9.17) is 4.74 Å². The molecule has 0 aliphatic carbocycles. The molecular formula is C12H26OS. The second-order valence-corrected chi connectivity index (χ2v) is 4.75. The molecule has 0 N–H and O–H groups in total. The second kappa shape index (κ2) is 9.85. The lowest BCUT2D eigenvalue weighted by atomic mass is 10.0. The van der Waals surface area contributed by atoms with Crippen molar-refractivity contribution in [2.45, 2.75) is 58.1 Å². The molecule has 0 aromatic heterocycles. The minimum atomic E-state index is 0.415. The van der Waals surface area contributed by atoms with E-state index in [1.165, 1.54) is 25.7 Å². The van der Waals surface area contributed by atoms with Crippen molar-refractivity contribution in [3.8, 4) is 0 Å². The lowest BCUT2D eigenvalue weighted by Crippen LogP contribution is -2.14. The third kappa shape index (κ3) is 7.69. The number of hydrogen-bond acceptors (Lipinski definition) is 2. The molecule has 14 heavy (non-hydrogen) atoms. The van der Waals surface area contributed by atoms with Crippen LogP contribution < -0.4 is 0 Å². The normalized spacial score (nSPS) is 15.4. The van der Waals surface area contributed by atoms with E-state index in [0.717, 1.165) is 25.6 Å². The van der Waals surface area contributed by atoms with E-state index in [0.29, 0.717) is 5.25 Å². The third-order valence-electron chi connectivity index (χ3n) is 2.68. The Hall–Kier alpha value is 0.310. The Morgan fingerprint density at radius 2 is 1.79 bits per heavy atom. The fourth-order valence-corrected chi connectivity index (χ4v) is 1.49. The Labute approximate surface area is 95.0 Å². The molecule has 0 saturated carbocycles. The number of thiol groups is 1. The molecule has 0 rings (SSSR count). The minimum absolute atomic E-state index is 0.415. The monoisotopic (exact) mass is 218 g/mol. The van der Waals surface area contributed by atoms with Crippen molar-refractivity contribution in [3.63, 3.8) is 0 Å². The van der Waals surface area contributed by atoms with Crippen molar-refractivity contribution in [2.24, 2.45) is 5.92 Å². The fraction of sp³-hybridized carbons (Fsp3) is 1.00. The molecule has 0 spiro atoms. The van der Waals surface area contributed by atoms with Crippen LogP contribution in [0.3, 0.4) is 0 Å². The van der Waals surface area contributed by atoms with Gasteiger partial charge in [-0.1, -0.05) is 40.0 Å². The Morgan fingerprint density at radius 1 is 1.07 bits per heavy atom. The molecule has 0 saturated heterocycles. The van der Waals surface area contributed by atoms with Crippen LogP contribution >= 0.6 is 12.6 Å². The zero-order valence-corrected chi connectivity index (χ0v) is 10.9. The molecule has 0 aromatic rings. The van der Waals surface area contributed by atoms with E-state index >= 15 is 0 Å². The van der Waals surface area contributed by atoms with Crippen LogP contribution in [-0.4, -0.2) is 18.5 Å². The van der Waals surface area contributed by atoms with Gasteiger partial charge in [-0.25, -0.2) is 0 Å². The topological polar surface area (TPSA) is 9.23 Å². The van der Waals surface area contributed by atoms with E-state index in [-0.39, 0.29) is 0 Å². The van der Waals surface area contributed by atoms with Gasteiger partial charge in [-0.15, -0.1) is 0 Å². The zero-order valence-electron chi connectivity index (χ0n) is 9.96. The first kappa shape index (κ1) is 14.3. The maximum absolute atomic E-state index is 5.66. The van der Waals surface area contributed by atoms with Crippen LogP contribution in [0.2, 0.25) is 0 Å². The van der Waals surface area contributed by atoms with Gasteiger partial charge < -0.3 is 4.74 Å². The average molecular weight is 218 g/mol. The zero-order chi connectivity index (χ0) is 10.8. The molecule has 0 fully saturated rings. The number of unbranched alkanes of at least 4 members (excludes halogenated alkanes) is 1. The highest BCUT2D eigenvalue weighted by atomic mass is 32.1. The van der Waals surface area contributed by atoms with Gasteiger partial charge in [0.1, 0.15) is 0 Å². The Balaban J connectivity index is 3.42. The van der Waals surface area contributed by atoms with Crippen LogP contribution in [0.25, 0.3) is 0 Å².